The molecule has 0 saturated carbocycles. The number of benzene rings is 1. The number of fused-ring (bicyclic) bond motifs is 1. The molecule has 94 valence electrons. The highest BCUT2D eigenvalue weighted by atomic mass is 35.5. The van der Waals surface area contributed by atoms with Gasteiger partial charge in [0.1, 0.15) is 6.61 Å². The number of thiophene rings is 1. The van der Waals surface area contributed by atoms with Gasteiger partial charge in [-0.1, -0.05) is 23.7 Å². The van der Waals surface area contributed by atoms with Crippen LogP contribution in [0, 0.1) is 0 Å². The number of para-hydroxylation sites is 2. The summed E-state index contributed by atoms with van der Waals surface area (Å²) in [6.07, 6.45) is -0.186. The second kappa shape index (κ2) is 4.80. The van der Waals surface area contributed by atoms with Gasteiger partial charge in [0.05, 0.1) is 10.4 Å². The SMILES string of the molecule is NC(c1ccc(Cl)s1)C1COc2ccccc2O1. The Kier molecular flexibility index (Phi) is 3.16. The van der Waals surface area contributed by atoms with Crippen LogP contribution in [0.3, 0.4) is 0 Å². The van der Waals surface area contributed by atoms with Crippen molar-refractivity contribution >= 4 is 22.9 Å². The third kappa shape index (κ3) is 2.19. The molecule has 2 unspecified atom stereocenters. The van der Waals surface area contributed by atoms with Gasteiger partial charge in [0.2, 0.25) is 0 Å². The predicted molar refractivity (Wildman–Crippen MR) is 72.6 cm³/mol. The van der Waals surface area contributed by atoms with Crippen molar-refractivity contribution in [2.24, 2.45) is 5.73 Å². The fraction of sp³-hybridized carbons (Fsp3) is 0.231. The quantitative estimate of drug-likeness (QED) is 0.919. The first-order valence-electron chi connectivity index (χ1n) is 5.63. The highest BCUT2D eigenvalue weighted by molar-refractivity contribution is 7.16. The van der Waals surface area contributed by atoms with E-state index in [2.05, 4.69) is 0 Å². The first-order chi connectivity index (χ1) is 8.74. The lowest BCUT2D eigenvalue weighted by Crippen LogP contribution is -2.38. The number of rotatable bonds is 2. The minimum absolute atomic E-state index is 0.186. The topological polar surface area (TPSA) is 44.5 Å². The van der Waals surface area contributed by atoms with Crippen LogP contribution < -0.4 is 15.2 Å². The van der Waals surface area contributed by atoms with Gasteiger partial charge in [-0.25, -0.2) is 0 Å². The Balaban J connectivity index is 1.79. The third-order valence-corrected chi connectivity index (χ3v) is 4.19. The van der Waals surface area contributed by atoms with Crippen LogP contribution in [-0.2, 0) is 0 Å². The lowest BCUT2D eigenvalue weighted by atomic mass is 10.1. The summed E-state index contributed by atoms with van der Waals surface area (Å²) < 4.78 is 12.3. The maximum absolute atomic E-state index is 6.19. The molecule has 0 bridgehead atoms. The van der Waals surface area contributed by atoms with Crippen LogP contribution in [0.25, 0.3) is 0 Å². The molecule has 0 spiro atoms. The summed E-state index contributed by atoms with van der Waals surface area (Å²) in [5.74, 6) is 1.51. The molecular formula is C13H12ClNO2S. The summed E-state index contributed by atoms with van der Waals surface area (Å²) in [6.45, 7) is 0.452. The second-order valence-corrected chi connectivity index (χ2v) is 5.83. The molecule has 3 nitrogen and oxygen atoms in total. The van der Waals surface area contributed by atoms with Crippen LogP contribution in [0.15, 0.2) is 36.4 Å². The van der Waals surface area contributed by atoms with E-state index in [-0.39, 0.29) is 12.1 Å². The van der Waals surface area contributed by atoms with Crippen molar-refractivity contribution in [3.05, 3.63) is 45.6 Å². The fourth-order valence-electron chi connectivity index (χ4n) is 1.90. The molecular weight excluding hydrogens is 270 g/mol. The summed E-state index contributed by atoms with van der Waals surface area (Å²) in [5, 5.41) is 0. The van der Waals surface area contributed by atoms with Crippen LogP contribution in [0.1, 0.15) is 10.9 Å². The molecule has 0 amide bonds. The molecule has 5 heteroatoms. The fourth-order valence-corrected chi connectivity index (χ4v) is 3.02. The smallest absolute Gasteiger partial charge is 0.161 e. The molecule has 2 heterocycles. The molecule has 1 aromatic carbocycles. The molecule has 1 aromatic heterocycles. The van der Waals surface area contributed by atoms with Crippen molar-refractivity contribution in [1.29, 1.82) is 0 Å². The van der Waals surface area contributed by atoms with Gasteiger partial charge in [0.15, 0.2) is 17.6 Å². The van der Waals surface area contributed by atoms with Gasteiger partial charge in [-0.2, -0.15) is 0 Å². The number of ether oxygens (including phenoxy) is 2. The Bertz CT molecular complexity index is 557. The maximum Gasteiger partial charge on any atom is 0.161 e. The minimum atomic E-state index is -0.226. The molecule has 2 atom stereocenters. The first kappa shape index (κ1) is 11.8. The molecule has 0 aliphatic carbocycles. The monoisotopic (exact) mass is 281 g/mol. The second-order valence-electron chi connectivity index (χ2n) is 4.08. The lowest BCUT2D eigenvalue weighted by molar-refractivity contribution is 0.0729. The molecule has 0 radical (unpaired) electrons. The summed E-state index contributed by atoms with van der Waals surface area (Å²) in [4.78, 5) is 1.01. The number of nitrogens with two attached hydrogens (primary N) is 1. The first-order valence-corrected chi connectivity index (χ1v) is 6.83. The van der Waals surface area contributed by atoms with Gasteiger partial charge in [0.25, 0.3) is 0 Å². The van der Waals surface area contributed by atoms with E-state index < -0.39 is 0 Å². The number of hydrogen-bond acceptors (Lipinski definition) is 4. The molecule has 3 rings (SSSR count). The van der Waals surface area contributed by atoms with Crippen LogP contribution >= 0.6 is 22.9 Å². The third-order valence-electron chi connectivity index (χ3n) is 2.85. The van der Waals surface area contributed by atoms with E-state index in [1.54, 1.807) is 0 Å². The summed E-state index contributed by atoms with van der Waals surface area (Å²) in [6, 6.07) is 11.2. The molecule has 18 heavy (non-hydrogen) atoms. The zero-order valence-electron chi connectivity index (χ0n) is 9.51. The van der Waals surface area contributed by atoms with E-state index in [0.29, 0.717) is 6.61 Å². The number of hydrogen-bond donors (Lipinski definition) is 1. The van der Waals surface area contributed by atoms with E-state index >= 15 is 0 Å². The van der Waals surface area contributed by atoms with Crippen LogP contribution in [0.5, 0.6) is 11.5 Å². The zero-order valence-corrected chi connectivity index (χ0v) is 11.1. The Hall–Kier alpha value is -1.23. The maximum atomic E-state index is 6.19. The molecule has 2 N–H and O–H groups in total. The molecule has 1 aliphatic rings. The summed E-state index contributed by atoms with van der Waals surface area (Å²) in [7, 11) is 0. The van der Waals surface area contributed by atoms with Gasteiger partial charge in [-0.3, -0.25) is 0 Å². The predicted octanol–water partition coefficient (Wildman–Crippen LogP) is 3.24. The molecule has 0 fully saturated rings. The van der Waals surface area contributed by atoms with Crippen LogP contribution in [0.4, 0.5) is 0 Å². The van der Waals surface area contributed by atoms with Crippen molar-refractivity contribution in [2.75, 3.05) is 6.61 Å². The van der Waals surface area contributed by atoms with Gasteiger partial charge in [-0.05, 0) is 24.3 Å². The van der Waals surface area contributed by atoms with Crippen LogP contribution in [0.2, 0.25) is 4.34 Å². The Morgan fingerprint density at radius 1 is 1.22 bits per heavy atom. The largest absolute Gasteiger partial charge is 0.486 e. The normalized spacial score (nSPS) is 19.6. The van der Waals surface area contributed by atoms with Gasteiger partial charge < -0.3 is 15.2 Å². The van der Waals surface area contributed by atoms with Crippen molar-refractivity contribution in [1.82, 2.24) is 0 Å². The number of halogens is 1. The highest BCUT2D eigenvalue weighted by Gasteiger charge is 2.28. The van der Waals surface area contributed by atoms with Crippen molar-refractivity contribution < 1.29 is 9.47 Å². The van der Waals surface area contributed by atoms with Crippen molar-refractivity contribution in [3.63, 3.8) is 0 Å². The Morgan fingerprint density at radius 3 is 2.72 bits per heavy atom. The molecule has 2 aromatic rings. The summed E-state index contributed by atoms with van der Waals surface area (Å²) >= 11 is 7.39. The van der Waals surface area contributed by atoms with Gasteiger partial charge in [-0.15, -0.1) is 11.3 Å². The van der Waals surface area contributed by atoms with Crippen molar-refractivity contribution in [3.8, 4) is 11.5 Å². The lowest BCUT2D eigenvalue weighted by Gasteiger charge is -2.29. The molecule has 0 saturated heterocycles. The highest BCUT2D eigenvalue weighted by Crippen LogP contribution is 2.35. The minimum Gasteiger partial charge on any atom is -0.486 e. The zero-order chi connectivity index (χ0) is 12.5. The van der Waals surface area contributed by atoms with Gasteiger partial charge in [0, 0.05) is 4.88 Å². The standard InChI is InChI=1S/C13H12ClNO2S/c14-12-6-5-11(18-12)13(15)10-7-16-8-3-1-2-4-9(8)17-10/h1-6,10,13H,7,15H2. The average molecular weight is 282 g/mol. The van der Waals surface area contributed by atoms with Crippen molar-refractivity contribution in [2.45, 2.75) is 12.1 Å². The van der Waals surface area contributed by atoms with E-state index in [9.17, 15) is 0 Å². The summed E-state index contributed by atoms with van der Waals surface area (Å²) in [5.41, 5.74) is 6.19. The van der Waals surface area contributed by atoms with Gasteiger partial charge >= 0.3 is 0 Å². The Morgan fingerprint density at radius 2 is 2.00 bits per heavy atom. The van der Waals surface area contributed by atoms with E-state index in [0.717, 1.165) is 20.7 Å². The molecule has 1 aliphatic heterocycles. The van der Waals surface area contributed by atoms with Crippen LogP contribution in [-0.4, -0.2) is 12.7 Å². The van der Waals surface area contributed by atoms with E-state index in [1.165, 1.54) is 11.3 Å². The van der Waals surface area contributed by atoms with E-state index in [1.807, 2.05) is 36.4 Å². The van der Waals surface area contributed by atoms with E-state index in [4.69, 9.17) is 26.8 Å². The Labute approximate surface area is 114 Å². The average Bonchev–Trinajstić information content (AvgIpc) is 2.84.